The minimum Gasteiger partial charge on any atom is -0.481 e. The van der Waals surface area contributed by atoms with Gasteiger partial charge in [-0.15, -0.1) is 0 Å². The Morgan fingerprint density at radius 2 is 1.95 bits per heavy atom. The topological polar surface area (TPSA) is 94.9 Å². The van der Waals surface area contributed by atoms with Crippen LogP contribution in [0.15, 0.2) is 24.3 Å². The van der Waals surface area contributed by atoms with E-state index >= 15 is 0 Å². The Morgan fingerprint density at radius 1 is 1.30 bits per heavy atom. The van der Waals surface area contributed by atoms with Crippen LogP contribution in [0.1, 0.15) is 18.0 Å². The second-order valence-electron chi connectivity index (χ2n) is 4.55. The molecule has 0 spiro atoms. The lowest BCUT2D eigenvalue weighted by atomic mass is 10.0. The SMILES string of the molecule is O=C(O)C1CC(=O)N(C(C(=O)O)c2ccccc2F)C1. The molecule has 0 aromatic heterocycles. The molecule has 1 aliphatic heterocycles. The van der Waals surface area contributed by atoms with Crippen LogP contribution in [-0.2, 0) is 14.4 Å². The first kappa shape index (κ1) is 14.0. The van der Waals surface area contributed by atoms with Gasteiger partial charge in [-0.05, 0) is 6.07 Å². The molecule has 2 atom stereocenters. The molecule has 106 valence electrons. The van der Waals surface area contributed by atoms with Crippen LogP contribution in [0.2, 0.25) is 0 Å². The maximum absolute atomic E-state index is 13.7. The third-order valence-corrected chi connectivity index (χ3v) is 3.25. The van der Waals surface area contributed by atoms with Crippen molar-refractivity contribution in [3.05, 3.63) is 35.6 Å². The van der Waals surface area contributed by atoms with Crippen LogP contribution in [0.25, 0.3) is 0 Å². The van der Waals surface area contributed by atoms with Crippen LogP contribution in [0.3, 0.4) is 0 Å². The normalized spacial score (nSPS) is 19.9. The van der Waals surface area contributed by atoms with Gasteiger partial charge < -0.3 is 15.1 Å². The van der Waals surface area contributed by atoms with Crippen molar-refractivity contribution >= 4 is 17.8 Å². The Hall–Kier alpha value is -2.44. The third-order valence-electron chi connectivity index (χ3n) is 3.25. The minimum atomic E-state index is -1.51. The number of benzene rings is 1. The summed E-state index contributed by atoms with van der Waals surface area (Å²) >= 11 is 0. The van der Waals surface area contributed by atoms with Crippen molar-refractivity contribution in [3.8, 4) is 0 Å². The van der Waals surface area contributed by atoms with Crippen molar-refractivity contribution < 1.29 is 29.0 Å². The number of halogens is 1. The number of hydrogen-bond donors (Lipinski definition) is 2. The van der Waals surface area contributed by atoms with Crippen molar-refractivity contribution in [2.75, 3.05) is 6.54 Å². The maximum Gasteiger partial charge on any atom is 0.331 e. The number of nitrogens with zero attached hydrogens (tertiary/aromatic N) is 1. The highest BCUT2D eigenvalue weighted by atomic mass is 19.1. The Kier molecular flexibility index (Phi) is 3.69. The zero-order valence-corrected chi connectivity index (χ0v) is 10.3. The summed E-state index contributed by atoms with van der Waals surface area (Å²) in [6.45, 7) is -0.237. The average Bonchev–Trinajstić information content (AvgIpc) is 2.74. The molecule has 1 saturated heterocycles. The smallest absolute Gasteiger partial charge is 0.331 e. The van der Waals surface area contributed by atoms with Crippen molar-refractivity contribution in [1.82, 2.24) is 4.90 Å². The lowest BCUT2D eigenvalue weighted by molar-refractivity contribution is -0.149. The standard InChI is InChI=1S/C13H12FNO5/c14-9-4-2-1-3-8(9)11(13(19)20)15-6-7(12(17)18)5-10(15)16/h1-4,7,11H,5-6H2,(H,17,18)(H,19,20). The zero-order valence-electron chi connectivity index (χ0n) is 10.3. The molecule has 1 fully saturated rings. The van der Waals surface area contributed by atoms with Crippen molar-refractivity contribution in [2.24, 2.45) is 5.92 Å². The first-order valence-corrected chi connectivity index (χ1v) is 5.91. The molecular weight excluding hydrogens is 269 g/mol. The number of carbonyl (C=O) groups is 3. The molecule has 1 aromatic carbocycles. The number of rotatable bonds is 4. The number of amides is 1. The number of carboxylic acids is 2. The average molecular weight is 281 g/mol. The number of likely N-dealkylation sites (tertiary alicyclic amines) is 1. The summed E-state index contributed by atoms with van der Waals surface area (Å²) in [5, 5.41) is 18.1. The van der Waals surface area contributed by atoms with Crippen molar-refractivity contribution in [3.63, 3.8) is 0 Å². The molecule has 6 nitrogen and oxygen atoms in total. The Morgan fingerprint density at radius 3 is 2.45 bits per heavy atom. The fourth-order valence-electron chi connectivity index (χ4n) is 2.28. The number of aliphatic carboxylic acids is 2. The monoisotopic (exact) mass is 281 g/mol. The molecule has 0 bridgehead atoms. The van der Waals surface area contributed by atoms with E-state index in [1.807, 2.05) is 0 Å². The van der Waals surface area contributed by atoms with Gasteiger partial charge >= 0.3 is 11.9 Å². The molecule has 0 aliphatic carbocycles. The Bertz CT molecular complexity index is 574. The molecule has 0 radical (unpaired) electrons. The van der Waals surface area contributed by atoms with E-state index < -0.39 is 35.6 Å². The van der Waals surface area contributed by atoms with E-state index in [1.165, 1.54) is 18.2 Å². The fourth-order valence-corrected chi connectivity index (χ4v) is 2.28. The minimum absolute atomic E-state index is 0.153. The number of hydrogen-bond acceptors (Lipinski definition) is 3. The molecule has 20 heavy (non-hydrogen) atoms. The maximum atomic E-state index is 13.7. The molecular formula is C13H12FNO5. The van der Waals surface area contributed by atoms with Crippen molar-refractivity contribution in [2.45, 2.75) is 12.5 Å². The van der Waals surface area contributed by atoms with Crippen molar-refractivity contribution in [1.29, 1.82) is 0 Å². The zero-order chi connectivity index (χ0) is 14.9. The predicted molar refractivity (Wildman–Crippen MR) is 64.2 cm³/mol. The second kappa shape index (κ2) is 5.28. The summed E-state index contributed by atoms with van der Waals surface area (Å²) in [6, 6.07) is 3.73. The Balaban J connectivity index is 2.36. The number of carboxylic acid groups (broad SMARTS) is 2. The van der Waals surface area contributed by atoms with Gasteiger partial charge in [-0.3, -0.25) is 9.59 Å². The van der Waals surface area contributed by atoms with Gasteiger partial charge in [0.15, 0.2) is 6.04 Å². The molecule has 1 heterocycles. The molecule has 2 unspecified atom stereocenters. The van der Waals surface area contributed by atoms with Crippen LogP contribution in [0.5, 0.6) is 0 Å². The van der Waals surface area contributed by atoms with Gasteiger partial charge in [-0.25, -0.2) is 9.18 Å². The van der Waals surface area contributed by atoms with Gasteiger partial charge in [0, 0.05) is 18.5 Å². The lowest BCUT2D eigenvalue weighted by Gasteiger charge is -2.25. The van der Waals surface area contributed by atoms with E-state index in [-0.39, 0.29) is 18.5 Å². The summed E-state index contributed by atoms with van der Waals surface area (Å²) in [4.78, 5) is 34.9. The molecule has 7 heteroatoms. The van der Waals surface area contributed by atoms with Crippen LogP contribution >= 0.6 is 0 Å². The van der Waals surface area contributed by atoms with Crippen LogP contribution in [-0.4, -0.2) is 39.5 Å². The van der Waals surface area contributed by atoms with Gasteiger partial charge in [-0.2, -0.15) is 0 Å². The Labute approximate surface area is 113 Å². The van der Waals surface area contributed by atoms with Gasteiger partial charge in [-0.1, -0.05) is 18.2 Å². The van der Waals surface area contributed by atoms with Gasteiger partial charge in [0.05, 0.1) is 5.92 Å². The van der Waals surface area contributed by atoms with E-state index in [2.05, 4.69) is 0 Å². The van der Waals surface area contributed by atoms with E-state index in [0.717, 1.165) is 11.0 Å². The first-order valence-electron chi connectivity index (χ1n) is 5.91. The number of carbonyl (C=O) groups excluding carboxylic acids is 1. The molecule has 2 N–H and O–H groups in total. The predicted octanol–water partition coefficient (Wildman–Crippen LogP) is 0.884. The molecule has 1 aliphatic rings. The molecule has 2 rings (SSSR count). The summed E-state index contributed by atoms with van der Waals surface area (Å²) < 4.78 is 13.7. The van der Waals surface area contributed by atoms with Crippen LogP contribution in [0, 0.1) is 11.7 Å². The van der Waals surface area contributed by atoms with E-state index in [0.29, 0.717) is 0 Å². The van der Waals surface area contributed by atoms with E-state index in [9.17, 15) is 23.9 Å². The molecule has 1 aromatic rings. The molecule has 0 saturated carbocycles. The highest BCUT2D eigenvalue weighted by Crippen LogP contribution is 2.30. The largest absolute Gasteiger partial charge is 0.481 e. The van der Waals surface area contributed by atoms with E-state index in [4.69, 9.17) is 5.11 Å². The highest BCUT2D eigenvalue weighted by molar-refractivity contribution is 5.90. The first-order chi connectivity index (χ1) is 9.41. The van der Waals surface area contributed by atoms with Gasteiger partial charge in [0.1, 0.15) is 5.82 Å². The summed E-state index contributed by atoms with van der Waals surface area (Å²) in [7, 11) is 0. The summed E-state index contributed by atoms with van der Waals surface area (Å²) in [6.07, 6.45) is -0.270. The van der Waals surface area contributed by atoms with Gasteiger partial charge in [0.25, 0.3) is 0 Å². The lowest BCUT2D eigenvalue weighted by Crippen LogP contribution is -2.36. The third kappa shape index (κ3) is 2.47. The summed E-state index contributed by atoms with van der Waals surface area (Å²) in [5.41, 5.74) is -0.153. The fraction of sp³-hybridized carbons (Fsp3) is 0.308. The van der Waals surface area contributed by atoms with E-state index in [1.54, 1.807) is 0 Å². The highest BCUT2D eigenvalue weighted by Gasteiger charge is 2.42. The summed E-state index contributed by atoms with van der Waals surface area (Å²) in [5.74, 6) is -4.87. The molecule has 1 amide bonds. The van der Waals surface area contributed by atoms with Crippen LogP contribution in [0.4, 0.5) is 4.39 Å². The quantitative estimate of drug-likeness (QED) is 0.854. The van der Waals surface area contributed by atoms with Gasteiger partial charge in [0.2, 0.25) is 5.91 Å². The second-order valence-corrected chi connectivity index (χ2v) is 4.55. The van der Waals surface area contributed by atoms with Crippen LogP contribution < -0.4 is 0 Å².